The molecular weight excluding hydrogens is 332 g/mol. The van der Waals surface area contributed by atoms with E-state index in [0.29, 0.717) is 24.7 Å². The summed E-state index contributed by atoms with van der Waals surface area (Å²) in [6, 6.07) is 3.57. The molecule has 0 aliphatic carbocycles. The largest absolute Gasteiger partial charge is 0.353 e. The monoisotopic (exact) mass is 342 g/mol. The van der Waals surface area contributed by atoms with E-state index in [4.69, 9.17) is 4.52 Å². The molecule has 6 nitrogen and oxygen atoms in total. The topological polar surface area (TPSA) is 80.0 Å². The van der Waals surface area contributed by atoms with E-state index in [1.54, 1.807) is 0 Å². The average Bonchev–Trinajstić information content (AvgIpc) is 3.01. The fraction of sp³-hybridized carbons (Fsp3) is 0.364. The van der Waals surface area contributed by atoms with Crippen LogP contribution in [0.15, 0.2) is 20.4 Å². The van der Waals surface area contributed by atoms with Crippen LogP contribution in [0.1, 0.15) is 5.89 Å². The molecule has 8 heteroatoms. The second-order valence-corrected chi connectivity index (χ2v) is 6.58. The van der Waals surface area contributed by atoms with E-state index in [0.717, 1.165) is 15.2 Å². The number of carbonyl (C=O) groups is 1. The van der Waals surface area contributed by atoms with E-state index in [-0.39, 0.29) is 11.9 Å². The second kappa shape index (κ2) is 5.40. The van der Waals surface area contributed by atoms with Gasteiger partial charge in [0.15, 0.2) is 0 Å². The van der Waals surface area contributed by atoms with Gasteiger partial charge in [-0.15, -0.1) is 11.3 Å². The molecule has 2 aromatic rings. The zero-order valence-electron chi connectivity index (χ0n) is 9.85. The molecule has 0 spiro atoms. The van der Waals surface area contributed by atoms with Crippen molar-refractivity contribution < 1.29 is 9.32 Å². The minimum atomic E-state index is -0.294. The van der Waals surface area contributed by atoms with E-state index in [1.807, 2.05) is 12.1 Å². The Morgan fingerprint density at radius 2 is 2.37 bits per heavy atom. The van der Waals surface area contributed by atoms with Crippen molar-refractivity contribution in [3.63, 3.8) is 0 Å². The first-order chi connectivity index (χ1) is 9.22. The summed E-state index contributed by atoms with van der Waals surface area (Å²) in [7, 11) is 0. The van der Waals surface area contributed by atoms with Crippen molar-refractivity contribution in [2.45, 2.75) is 12.5 Å². The van der Waals surface area contributed by atoms with Crippen LogP contribution < -0.4 is 10.6 Å². The van der Waals surface area contributed by atoms with Crippen LogP contribution in [-0.4, -0.2) is 35.2 Å². The van der Waals surface area contributed by atoms with Gasteiger partial charge in [-0.2, -0.15) is 4.98 Å². The van der Waals surface area contributed by atoms with Crippen molar-refractivity contribution in [3.05, 3.63) is 21.8 Å². The Kier molecular flexibility index (Phi) is 3.63. The van der Waals surface area contributed by atoms with Crippen LogP contribution in [-0.2, 0) is 11.2 Å². The maximum atomic E-state index is 11.6. The molecule has 0 aromatic carbocycles. The average molecular weight is 343 g/mol. The lowest BCUT2D eigenvalue weighted by molar-refractivity contribution is -0.124. The van der Waals surface area contributed by atoms with Gasteiger partial charge >= 0.3 is 0 Å². The molecule has 0 radical (unpaired) electrons. The predicted molar refractivity (Wildman–Crippen MR) is 73.8 cm³/mol. The minimum absolute atomic E-state index is 0.0233. The molecule has 1 atom stereocenters. The lowest BCUT2D eigenvalue weighted by Gasteiger charge is -2.21. The van der Waals surface area contributed by atoms with Crippen molar-refractivity contribution in [2.75, 3.05) is 13.1 Å². The molecule has 3 heterocycles. The van der Waals surface area contributed by atoms with Crippen LogP contribution in [0.25, 0.3) is 10.7 Å². The molecular formula is C11H11BrN4O2S. The summed E-state index contributed by atoms with van der Waals surface area (Å²) < 4.78 is 6.21. The maximum absolute atomic E-state index is 11.6. The number of aromatic nitrogens is 2. The first-order valence-corrected chi connectivity index (χ1v) is 7.43. The van der Waals surface area contributed by atoms with Crippen molar-refractivity contribution >= 4 is 33.2 Å². The molecule has 3 rings (SSSR count). The molecule has 1 saturated heterocycles. The Hall–Kier alpha value is -1.25. The van der Waals surface area contributed by atoms with Gasteiger partial charge in [0.25, 0.3) is 0 Å². The first kappa shape index (κ1) is 12.8. The van der Waals surface area contributed by atoms with Crippen LogP contribution in [0.5, 0.6) is 0 Å². The minimum Gasteiger partial charge on any atom is -0.353 e. The van der Waals surface area contributed by atoms with Crippen molar-refractivity contribution in [1.82, 2.24) is 20.8 Å². The zero-order valence-corrected chi connectivity index (χ0v) is 12.3. The highest BCUT2D eigenvalue weighted by atomic mass is 79.9. The van der Waals surface area contributed by atoms with Crippen LogP contribution in [0.4, 0.5) is 0 Å². The summed E-state index contributed by atoms with van der Waals surface area (Å²) in [4.78, 5) is 16.9. The SMILES string of the molecule is O=C1NCCNC1Cc1nc(-c2ccc(Br)s2)no1. The highest BCUT2D eigenvalue weighted by Crippen LogP contribution is 2.29. The lowest BCUT2D eigenvalue weighted by Crippen LogP contribution is -2.53. The third-order valence-corrected chi connectivity index (χ3v) is 4.39. The molecule has 1 amide bonds. The van der Waals surface area contributed by atoms with Crippen LogP contribution in [0, 0.1) is 0 Å². The predicted octanol–water partition coefficient (Wildman–Crippen LogP) is 1.19. The number of rotatable bonds is 3. The Balaban J connectivity index is 1.72. The quantitative estimate of drug-likeness (QED) is 0.875. The number of hydrogen-bond acceptors (Lipinski definition) is 6. The van der Waals surface area contributed by atoms with Gasteiger partial charge in [-0.05, 0) is 28.1 Å². The summed E-state index contributed by atoms with van der Waals surface area (Å²) in [5, 5.41) is 9.86. The van der Waals surface area contributed by atoms with Gasteiger partial charge in [0.2, 0.25) is 17.6 Å². The zero-order chi connectivity index (χ0) is 13.2. The third-order valence-electron chi connectivity index (χ3n) is 2.77. The van der Waals surface area contributed by atoms with Gasteiger partial charge in [0, 0.05) is 13.1 Å². The van der Waals surface area contributed by atoms with Gasteiger partial charge in [-0.1, -0.05) is 5.16 Å². The smallest absolute Gasteiger partial charge is 0.237 e. The molecule has 1 aliphatic heterocycles. The van der Waals surface area contributed by atoms with E-state index < -0.39 is 0 Å². The standard InChI is InChI=1S/C11H11BrN4O2S/c12-8-2-1-7(19-8)10-15-9(18-16-10)5-6-11(17)14-4-3-13-6/h1-2,6,13H,3-5H2,(H,14,17). The highest BCUT2D eigenvalue weighted by molar-refractivity contribution is 9.11. The second-order valence-electron chi connectivity index (χ2n) is 4.12. The number of carbonyl (C=O) groups excluding carboxylic acids is 1. The number of piperazine rings is 1. The van der Waals surface area contributed by atoms with Crippen molar-refractivity contribution in [1.29, 1.82) is 0 Å². The van der Waals surface area contributed by atoms with Gasteiger partial charge < -0.3 is 15.2 Å². The molecule has 1 fully saturated rings. The molecule has 1 aliphatic rings. The lowest BCUT2D eigenvalue weighted by atomic mass is 10.1. The Labute approximate surface area is 121 Å². The summed E-state index contributed by atoms with van der Waals surface area (Å²) in [6.07, 6.45) is 0.408. The summed E-state index contributed by atoms with van der Waals surface area (Å²) in [6.45, 7) is 1.42. The fourth-order valence-corrected chi connectivity index (χ4v) is 3.17. The molecule has 0 bridgehead atoms. The van der Waals surface area contributed by atoms with Crippen molar-refractivity contribution in [3.8, 4) is 10.7 Å². The summed E-state index contributed by atoms with van der Waals surface area (Å²) >= 11 is 4.93. The van der Waals surface area contributed by atoms with Gasteiger partial charge in [0.05, 0.1) is 21.1 Å². The van der Waals surface area contributed by atoms with Crippen LogP contribution in [0.3, 0.4) is 0 Å². The maximum Gasteiger partial charge on any atom is 0.237 e. The summed E-state index contributed by atoms with van der Waals surface area (Å²) in [5.74, 6) is 1.00. The number of amides is 1. The molecule has 2 aromatic heterocycles. The highest BCUT2D eigenvalue weighted by Gasteiger charge is 2.24. The Morgan fingerprint density at radius 3 is 3.11 bits per heavy atom. The first-order valence-electron chi connectivity index (χ1n) is 5.82. The van der Waals surface area contributed by atoms with E-state index in [9.17, 15) is 4.79 Å². The number of halogens is 1. The molecule has 19 heavy (non-hydrogen) atoms. The third kappa shape index (κ3) is 2.85. The molecule has 0 saturated carbocycles. The Morgan fingerprint density at radius 1 is 1.47 bits per heavy atom. The van der Waals surface area contributed by atoms with Gasteiger partial charge in [0.1, 0.15) is 0 Å². The normalized spacial score (nSPS) is 19.4. The molecule has 1 unspecified atom stereocenters. The van der Waals surface area contributed by atoms with E-state index in [1.165, 1.54) is 11.3 Å². The number of hydrogen-bond donors (Lipinski definition) is 2. The van der Waals surface area contributed by atoms with Crippen molar-refractivity contribution in [2.24, 2.45) is 0 Å². The fourth-order valence-electron chi connectivity index (χ4n) is 1.86. The number of nitrogens with zero attached hydrogens (tertiary/aromatic N) is 2. The molecule has 2 N–H and O–H groups in total. The van der Waals surface area contributed by atoms with E-state index in [2.05, 4.69) is 36.7 Å². The van der Waals surface area contributed by atoms with Crippen LogP contribution in [0.2, 0.25) is 0 Å². The van der Waals surface area contributed by atoms with E-state index >= 15 is 0 Å². The number of nitrogens with one attached hydrogen (secondary N) is 2. The van der Waals surface area contributed by atoms with Gasteiger partial charge in [-0.3, -0.25) is 4.79 Å². The molecule has 100 valence electrons. The van der Waals surface area contributed by atoms with Gasteiger partial charge in [-0.25, -0.2) is 0 Å². The Bertz CT molecular complexity index is 597. The van der Waals surface area contributed by atoms with Crippen LogP contribution >= 0.6 is 27.3 Å². The summed E-state index contributed by atoms with van der Waals surface area (Å²) in [5.41, 5.74) is 0. The number of thiophene rings is 1.